The van der Waals surface area contributed by atoms with Crippen LogP contribution in [0.25, 0.3) is 0 Å². The molecule has 0 saturated heterocycles. The molecular formula is C37H60. The van der Waals surface area contributed by atoms with E-state index in [4.69, 9.17) is 0 Å². The molecule has 0 fully saturated rings. The number of hydrogen-bond acceptors (Lipinski definition) is 0. The third-order valence-electron chi connectivity index (χ3n) is 8.59. The highest BCUT2D eigenvalue weighted by molar-refractivity contribution is 5.53. The van der Waals surface area contributed by atoms with Gasteiger partial charge in [-0.05, 0) is 128 Å². The standard InChI is InChI=1S/C37H60/c1-8-14-17-22-30-23-19-24-31(34(30)26-18-15-9-2)27-28-33-29(7)32(13-6)35(20-11-4)37(25-16-10-3)36(33)21-12-5/h19,23-24H,8-18,20-22,25-28H2,1-7H3. The summed E-state index contributed by atoms with van der Waals surface area (Å²) in [5.41, 5.74) is 15.2. The molecule has 0 spiro atoms. The largest absolute Gasteiger partial charge is 0.0654 e. The van der Waals surface area contributed by atoms with Crippen molar-refractivity contribution in [3.8, 4) is 0 Å². The smallest absolute Gasteiger partial charge is 0.0233 e. The minimum atomic E-state index is 1.18. The van der Waals surface area contributed by atoms with Gasteiger partial charge in [-0.15, -0.1) is 0 Å². The Kier molecular flexibility index (Phi) is 15.3. The van der Waals surface area contributed by atoms with E-state index >= 15 is 0 Å². The zero-order valence-electron chi connectivity index (χ0n) is 26.0. The van der Waals surface area contributed by atoms with Crippen LogP contribution in [0, 0.1) is 6.92 Å². The summed E-state index contributed by atoms with van der Waals surface area (Å²) >= 11 is 0. The van der Waals surface area contributed by atoms with Crippen LogP contribution < -0.4 is 0 Å². The van der Waals surface area contributed by atoms with E-state index in [9.17, 15) is 0 Å². The zero-order valence-corrected chi connectivity index (χ0v) is 26.0. The van der Waals surface area contributed by atoms with E-state index < -0.39 is 0 Å². The van der Waals surface area contributed by atoms with E-state index in [0.717, 1.165) is 0 Å². The predicted molar refractivity (Wildman–Crippen MR) is 167 cm³/mol. The highest BCUT2D eigenvalue weighted by atomic mass is 14.3. The van der Waals surface area contributed by atoms with Crippen LogP contribution in [-0.2, 0) is 51.4 Å². The Morgan fingerprint density at radius 1 is 0.405 bits per heavy atom. The molecule has 208 valence electrons. The van der Waals surface area contributed by atoms with Crippen molar-refractivity contribution in [2.45, 2.75) is 164 Å². The van der Waals surface area contributed by atoms with E-state index in [-0.39, 0.29) is 0 Å². The minimum Gasteiger partial charge on any atom is -0.0654 e. The van der Waals surface area contributed by atoms with Crippen LogP contribution in [0.1, 0.15) is 156 Å². The molecule has 0 radical (unpaired) electrons. The first-order valence-electron chi connectivity index (χ1n) is 16.3. The van der Waals surface area contributed by atoms with Crippen molar-refractivity contribution < 1.29 is 0 Å². The second-order valence-electron chi connectivity index (χ2n) is 11.4. The molecule has 2 rings (SSSR count). The maximum atomic E-state index is 2.46. The van der Waals surface area contributed by atoms with Gasteiger partial charge in [-0.3, -0.25) is 0 Å². The van der Waals surface area contributed by atoms with Gasteiger partial charge in [-0.1, -0.05) is 105 Å². The van der Waals surface area contributed by atoms with Crippen LogP contribution in [-0.4, -0.2) is 0 Å². The van der Waals surface area contributed by atoms with Crippen LogP contribution in [0.4, 0.5) is 0 Å². The van der Waals surface area contributed by atoms with Crippen LogP contribution in [0.2, 0.25) is 0 Å². The first-order chi connectivity index (χ1) is 18.1. The van der Waals surface area contributed by atoms with E-state index in [0.29, 0.717) is 0 Å². The van der Waals surface area contributed by atoms with Gasteiger partial charge < -0.3 is 0 Å². The number of rotatable bonds is 19. The molecular weight excluding hydrogens is 444 g/mol. The molecule has 37 heavy (non-hydrogen) atoms. The van der Waals surface area contributed by atoms with Gasteiger partial charge in [0.25, 0.3) is 0 Å². The Morgan fingerprint density at radius 2 is 0.919 bits per heavy atom. The summed E-state index contributed by atoms with van der Waals surface area (Å²) in [5.74, 6) is 0. The van der Waals surface area contributed by atoms with Gasteiger partial charge in [0.1, 0.15) is 0 Å². The summed E-state index contributed by atoms with van der Waals surface area (Å²) in [6.07, 6.45) is 23.0. The monoisotopic (exact) mass is 504 g/mol. The fraction of sp³-hybridized carbons (Fsp3) is 0.676. The quantitative estimate of drug-likeness (QED) is 0.167. The second kappa shape index (κ2) is 17.9. The summed E-state index contributed by atoms with van der Waals surface area (Å²) in [6.45, 7) is 16.6. The number of hydrogen-bond donors (Lipinski definition) is 0. The topological polar surface area (TPSA) is 0 Å². The maximum Gasteiger partial charge on any atom is -0.0233 e. The van der Waals surface area contributed by atoms with Crippen molar-refractivity contribution in [3.05, 3.63) is 68.3 Å². The van der Waals surface area contributed by atoms with Gasteiger partial charge in [0, 0.05) is 0 Å². The van der Waals surface area contributed by atoms with Crippen LogP contribution in [0.5, 0.6) is 0 Å². The second-order valence-corrected chi connectivity index (χ2v) is 11.4. The van der Waals surface area contributed by atoms with E-state index in [1.165, 1.54) is 116 Å². The number of unbranched alkanes of at least 4 members (excludes halogenated alkanes) is 5. The number of benzene rings is 2. The first-order valence-corrected chi connectivity index (χ1v) is 16.3. The fourth-order valence-electron chi connectivity index (χ4n) is 6.61. The van der Waals surface area contributed by atoms with Gasteiger partial charge in [0.15, 0.2) is 0 Å². The molecule has 2 aromatic rings. The minimum absolute atomic E-state index is 1.18. The van der Waals surface area contributed by atoms with Gasteiger partial charge in [-0.2, -0.15) is 0 Å². The Morgan fingerprint density at radius 3 is 1.49 bits per heavy atom. The molecule has 0 aliphatic rings. The number of aryl methyl sites for hydroxylation is 2. The van der Waals surface area contributed by atoms with E-state index in [1.807, 2.05) is 0 Å². The van der Waals surface area contributed by atoms with Gasteiger partial charge in [0.05, 0.1) is 0 Å². The fourth-order valence-corrected chi connectivity index (χ4v) is 6.61. The van der Waals surface area contributed by atoms with Crippen LogP contribution >= 0.6 is 0 Å². The highest BCUT2D eigenvalue weighted by Gasteiger charge is 2.20. The summed E-state index contributed by atoms with van der Waals surface area (Å²) in [6, 6.07) is 7.25. The molecule has 0 heterocycles. The molecule has 0 amide bonds. The van der Waals surface area contributed by atoms with Crippen LogP contribution in [0.3, 0.4) is 0 Å². The molecule has 0 aromatic heterocycles. The Bertz CT molecular complexity index is 916. The lowest BCUT2D eigenvalue weighted by Gasteiger charge is -2.26. The van der Waals surface area contributed by atoms with Crippen molar-refractivity contribution in [2.75, 3.05) is 0 Å². The Balaban J connectivity index is 2.51. The Hall–Kier alpha value is -1.56. The maximum absolute atomic E-state index is 2.46. The molecule has 2 aromatic carbocycles. The predicted octanol–water partition coefficient (Wildman–Crippen LogP) is 11.1. The lowest BCUT2D eigenvalue weighted by Crippen LogP contribution is -2.13. The summed E-state index contributed by atoms with van der Waals surface area (Å²) in [5, 5.41) is 0. The molecule has 0 N–H and O–H groups in total. The first kappa shape index (κ1) is 31.7. The summed E-state index contributed by atoms with van der Waals surface area (Å²) in [7, 11) is 0. The zero-order chi connectivity index (χ0) is 27.0. The van der Waals surface area contributed by atoms with Gasteiger partial charge in [0.2, 0.25) is 0 Å². The van der Waals surface area contributed by atoms with Crippen molar-refractivity contribution in [1.29, 1.82) is 0 Å². The molecule has 0 heteroatoms. The van der Waals surface area contributed by atoms with Crippen molar-refractivity contribution >= 4 is 0 Å². The molecule has 0 unspecified atom stereocenters. The van der Waals surface area contributed by atoms with Gasteiger partial charge in [-0.25, -0.2) is 0 Å². The van der Waals surface area contributed by atoms with E-state index in [1.54, 1.807) is 50.1 Å². The molecule has 0 saturated carbocycles. The summed E-state index contributed by atoms with van der Waals surface area (Å²) < 4.78 is 0. The van der Waals surface area contributed by atoms with Gasteiger partial charge >= 0.3 is 0 Å². The van der Waals surface area contributed by atoms with Crippen molar-refractivity contribution in [2.24, 2.45) is 0 Å². The average molecular weight is 505 g/mol. The molecule has 0 nitrogen and oxygen atoms in total. The van der Waals surface area contributed by atoms with E-state index in [2.05, 4.69) is 66.7 Å². The average Bonchev–Trinajstić information content (AvgIpc) is 2.90. The Labute approximate surface area is 232 Å². The third-order valence-corrected chi connectivity index (χ3v) is 8.59. The lowest BCUT2D eigenvalue weighted by atomic mass is 9.79. The molecule has 0 atom stereocenters. The van der Waals surface area contributed by atoms with Crippen molar-refractivity contribution in [1.82, 2.24) is 0 Å². The molecule has 0 aliphatic carbocycles. The van der Waals surface area contributed by atoms with Crippen LogP contribution in [0.15, 0.2) is 18.2 Å². The molecule has 0 aliphatic heterocycles. The lowest BCUT2D eigenvalue weighted by molar-refractivity contribution is 0.688. The van der Waals surface area contributed by atoms with Crippen molar-refractivity contribution in [3.63, 3.8) is 0 Å². The molecule has 0 bridgehead atoms. The summed E-state index contributed by atoms with van der Waals surface area (Å²) in [4.78, 5) is 0. The normalized spacial score (nSPS) is 11.4. The SMILES string of the molecule is CCCCCc1cccc(CCc2c(C)c(CC)c(CCC)c(CCCC)c2CCC)c1CCCCC. The third kappa shape index (κ3) is 9.01. The highest BCUT2D eigenvalue weighted by Crippen LogP contribution is 2.33.